The summed E-state index contributed by atoms with van der Waals surface area (Å²) in [6.45, 7) is 1.74. The Morgan fingerprint density at radius 3 is 2.62 bits per heavy atom. The zero-order chi connectivity index (χ0) is 11.4. The van der Waals surface area contributed by atoms with Gasteiger partial charge in [-0.15, -0.1) is 0 Å². The molecule has 80 valence electrons. The lowest BCUT2D eigenvalue weighted by Crippen LogP contribution is -2.01. The molecule has 0 spiro atoms. The molecule has 0 fully saturated rings. The third-order valence-electron chi connectivity index (χ3n) is 2.23. The summed E-state index contributed by atoms with van der Waals surface area (Å²) in [4.78, 5) is 15.7. The van der Waals surface area contributed by atoms with Gasteiger partial charge in [-0.2, -0.15) is 0 Å². The summed E-state index contributed by atoms with van der Waals surface area (Å²) in [5, 5.41) is 3.59. The standard InChI is InChI=1S/C13H11NO2/c1-10-12(13(15)16-14-10)9-5-8-11-6-3-2-4-7-11/h2-9H,1H3/b8-5+,12-9+. The van der Waals surface area contributed by atoms with Crippen molar-refractivity contribution in [1.82, 2.24) is 0 Å². The second-order valence-electron chi connectivity index (χ2n) is 3.41. The molecule has 0 amide bonds. The number of nitrogens with zero attached hydrogens (tertiary/aromatic N) is 1. The lowest BCUT2D eigenvalue weighted by molar-refractivity contribution is -0.136. The molecule has 3 nitrogen and oxygen atoms in total. The van der Waals surface area contributed by atoms with Gasteiger partial charge in [0.25, 0.3) is 0 Å². The van der Waals surface area contributed by atoms with E-state index in [9.17, 15) is 4.79 Å². The van der Waals surface area contributed by atoms with E-state index in [1.807, 2.05) is 42.5 Å². The summed E-state index contributed by atoms with van der Waals surface area (Å²) in [5.41, 5.74) is 2.20. The molecule has 2 rings (SSSR count). The van der Waals surface area contributed by atoms with E-state index < -0.39 is 5.97 Å². The van der Waals surface area contributed by atoms with Crippen LogP contribution in [0.25, 0.3) is 6.08 Å². The Morgan fingerprint density at radius 1 is 1.25 bits per heavy atom. The molecule has 3 heteroatoms. The van der Waals surface area contributed by atoms with E-state index in [4.69, 9.17) is 0 Å². The molecule has 1 aromatic rings. The average molecular weight is 213 g/mol. The third kappa shape index (κ3) is 2.25. The Balaban J connectivity index is 2.12. The molecule has 1 heterocycles. The van der Waals surface area contributed by atoms with Crippen molar-refractivity contribution in [3.05, 3.63) is 53.6 Å². The van der Waals surface area contributed by atoms with Crippen molar-refractivity contribution >= 4 is 17.8 Å². The van der Waals surface area contributed by atoms with Crippen LogP contribution in [0.1, 0.15) is 12.5 Å². The van der Waals surface area contributed by atoms with E-state index in [1.54, 1.807) is 13.0 Å². The Labute approximate surface area is 93.7 Å². The average Bonchev–Trinajstić information content (AvgIpc) is 2.62. The van der Waals surface area contributed by atoms with Gasteiger partial charge in [0.05, 0.1) is 11.3 Å². The van der Waals surface area contributed by atoms with E-state index in [-0.39, 0.29) is 0 Å². The lowest BCUT2D eigenvalue weighted by atomic mass is 10.1. The third-order valence-corrected chi connectivity index (χ3v) is 2.23. The monoisotopic (exact) mass is 213 g/mol. The number of hydrogen-bond acceptors (Lipinski definition) is 3. The van der Waals surface area contributed by atoms with Crippen LogP contribution in [0.2, 0.25) is 0 Å². The minimum Gasteiger partial charge on any atom is -0.312 e. The van der Waals surface area contributed by atoms with Gasteiger partial charge in [0.15, 0.2) is 0 Å². The summed E-state index contributed by atoms with van der Waals surface area (Å²) in [5.74, 6) is -0.393. The van der Waals surface area contributed by atoms with Crippen LogP contribution < -0.4 is 0 Å². The van der Waals surface area contributed by atoms with Crippen LogP contribution in [0.5, 0.6) is 0 Å². The second kappa shape index (κ2) is 4.57. The maximum atomic E-state index is 11.2. The smallest absolute Gasteiger partial charge is 0.312 e. The number of hydrogen-bond donors (Lipinski definition) is 0. The molecule has 0 atom stereocenters. The van der Waals surface area contributed by atoms with Crippen molar-refractivity contribution < 1.29 is 9.63 Å². The first-order chi connectivity index (χ1) is 7.77. The van der Waals surface area contributed by atoms with Crippen molar-refractivity contribution in [2.45, 2.75) is 6.92 Å². The molecule has 1 aliphatic rings. The molecule has 0 unspecified atom stereocenters. The summed E-state index contributed by atoms with van der Waals surface area (Å²) in [6.07, 6.45) is 5.45. The van der Waals surface area contributed by atoms with E-state index in [0.717, 1.165) is 5.56 Å². The minimum atomic E-state index is -0.393. The highest BCUT2D eigenvalue weighted by atomic mass is 16.7. The fraction of sp³-hybridized carbons (Fsp3) is 0.0769. The topological polar surface area (TPSA) is 38.7 Å². The number of rotatable bonds is 2. The molecule has 0 aromatic heterocycles. The van der Waals surface area contributed by atoms with Crippen molar-refractivity contribution in [2.24, 2.45) is 5.16 Å². The van der Waals surface area contributed by atoms with Crippen LogP contribution in [-0.4, -0.2) is 11.7 Å². The fourth-order valence-corrected chi connectivity index (χ4v) is 1.36. The van der Waals surface area contributed by atoms with E-state index in [1.165, 1.54) is 0 Å². The Kier molecular flexibility index (Phi) is 2.96. The highest BCUT2D eigenvalue weighted by molar-refractivity contribution is 6.21. The van der Waals surface area contributed by atoms with Crippen molar-refractivity contribution in [2.75, 3.05) is 0 Å². The van der Waals surface area contributed by atoms with Gasteiger partial charge in [0, 0.05) is 0 Å². The minimum absolute atomic E-state index is 0.393. The van der Waals surface area contributed by atoms with E-state index in [2.05, 4.69) is 9.99 Å². The summed E-state index contributed by atoms with van der Waals surface area (Å²) >= 11 is 0. The summed E-state index contributed by atoms with van der Waals surface area (Å²) in [7, 11) is 0. The first-order valence-corrected chi connectivity index (χ1v) is 4.97. The van der Waals surface area contributed by atoms with Crippen LogP contribution >= 0.6 is 0 Å². The predicted octanol–water partition coefficient (Wildman–Crippen LogP) is 2.56. The van der Waals surface area contributed by atoms with Gasteiger partial charge in [0.1, 0.15) is 0 Å². The zero-order valence-electron chi connectivity index (χ0n) is 8.88. The quantitative estimate of drug-likeness (QED) is 0.559. The Morgan fingerprint density at radius 2 is 2.00 bits per heavy atom. The van der Waals surface area contributed by atoms with Crippen LogP contribution in [0.15, 0.2) is 53.2 Å². The van der Waals surface area contributed by atoms with Crippen molar-refractivity contribution in [3.63, 3.8) is 0 Å². The van der Waals surface area contributed by atoms with Gasteiger partial charge in [0.2, 0.25) is 0 Å². The highest BCUT2D eigenvalue weighted by Crippen LogP contribution is 2.11. The largest absolute Gasteiger partial charge is 0.367 e. The maximum Gasteiger partial charge on any atom is 0.367 e. The first kappa shape index (κ1) is 10.4. The maximum absolute atomic E-state index is 11.2. The molecule has 0 saturated heterocycles. The number of carbonyl (C=O) groups is 1. The summed E-state index contributed by atoms with van der Waals surface area (Å²) < 4.78 is 0. The molecule has 1 aromatic carbocycles. The summed E-state index contributed by atoms with van der Waals surface area (Å²) in [6, 6.07) is 9.86. The molecule has 0 saturated carbocycles. The highest BCUT2D eigenvalue weighted by Gasteiger charge is 2.20. The normalized spacial score (nSPS) is 17.9. The number of allylic oxidation sites excluding steroid dienone is 2. The van der Waals surface area contributed by atoms with Crippen LogP contribution in [-0.2, 0) is 9.63 Å². The molecular formula is C13H11NO2. The lowest BCUT2D eigenvalue weighted by Gasteiger charge is -1.90. The number of oxime groups is 1. The van der Waals surface area contributed by atoms with Crippen LogP contribution in [0.3, 0.4) is 0 Å². The zero-order valence-corrected chi connectivity index (χ0v) is 8.88. The predicted molar refractivity (Wildman–Crippen MR) is 62.8 cm³/mol. The number of benzene rings is 1. The van der Waals surface area contributed by atoms with E-state index in [0.29, 0.717) is 11.3 Å². The number of carbonyl (C=O) groups excluding carboxylic acids is 1. The van der Waals surface area contributed by atoms with Gasteiger partial charge in [-0.1, -0.05) is 47.6 Å². The van der Waals surface area contributed by atoms with Gasteiger partial charge >= 0.3 is 5.97 Å². The molecule has 0 radical (unpaired) electrons. The van der Waals surface area contributed by atoms with E-state index >= 15 is 0 Å². The van der Waals surface area contributed by atoms with Crippen LogP contribution in [0.4, 0.5) is 0 Å². The van der Waals surface area contributed by atoms with Gasteiger partial charge in [-0.25, -0.2) is 4.79 Å². The molecule has 0 aliphatic carbocycles. The van der Waals surface area contributed by atoms with Crippen molar-refractivity contribution in [1.29, 1.82) is 0 Å². The van der Waals surface area contributed by atoms with Crippen LogP contribution in [0, 0.1) is 0 Å². The molecule has 0 bridgehead atoms. The fourth-order valence-electron chi connectivity index (χ4n) is 1.36. The molecule has 0 N–H and O–H groups in total. The van der Waals surface area contributed by atoms with Gasteiger partial charge in [-0.3, -0.25) is 0 Å². The second-order valence-corrected chi connectivity index (χ2v) is 3.41. The Bertz CT molecular complexity index is 484. The molecular weight excluding hydrogens is 202 g/mol. The Hall–Kier alpha value is -2.16. The van der Waals surface area contributed by atoms with Crippen molar-refractivity contribution in [3.8, 4) is 0 Å². The molecule has 16 heavy (non-hydrogen) atoms. The molecule has 1 aliphatic heterocycles. The van der Waals surface area contributed by atoms with Gasteiger partial charge < -0.3 is 4.84 Å². The first-order valence-electron chi connectivity index (χ1n) is 4.97. The van der Waals surface area contributed by atoms with Gasteiger partial charge in [-0.05, 0) is 18.6 Å². The SMILES string of the molecule is CC1=NOC(=O)/C1=C/C=C/c1ccccc1.